The molecule has 2 unspecified atom stereocenters. The van der Waals surface area contributed by atoms with Gasteiger partial charge in [0.15, 0.2) is 41.3 Å². The van der Waals surface area contributed by atoms with Crippen LogP contribution >= 0.6 is 101 Å². The number of amides is 2. The number of aliphatic carboxylic acids is 1. The topological polar surface area (TPSA) is 349 Å². The molecule has 0 saturated carbocycles. The van der Waals surface area contributed by atoms with Gasteiger partial charge in [-0.05, 0) is 77.6 Å². The number of carboxylic acids is 1. The molecule has 86 heavy (non-hydrogen) atoms. The Labute approximate surface area is 530 Å². The van der Waals surface area contributed by atoms with Gasteiger partial charge in [-0.3, -0.25) is 19.8 Å². The molecule has 5 N–H and O–H groups in total. The van der Waals surface area contributed by atoms with Gasteiger partial charge in [0.25, 0.3) is 0 Å². The van der Waals surface area contributed by atoms with Gasteiger partial charge in [-0.15, -0.1) is 0 Å². The van der Waals surface area contributed by atoms with Gasteiger partial charge < -0.3 is 58.0 Å². The predicted octanol–water partition coefficient (Wildman–Crippen LogP) is 9.93. The summed E-state index contributed by atoms with van der Waals surface area (Å²) in [5.41, 5.74) is -3.43. The van der Waals surface area contributed by atoms with Crippen LogP contribution in [0.25, 0.3) is 0 Å². The minimum Gasteiger partial charge on any atom is -0.479 e. The smallest absolute Gasteiger partial charge is 0.479 e. The summed E-state index contributed by atoms with van der Waals surface area (Å²) >= 11 is 40.3. The largest absolute Gasteiger partial charge is 0.509 e. The first-order valence-corrected chi connectivity index (χ1v) is 28.4. The number of aliphatic hydroxyl groups is 2. The second-order valence-electron chi connectivity index (χ2n) is 18.3. The second kappa shape index (κ2) is 32.8. The third kappa shape index (κ3) is 20.9. The summed E-state index contributed by atoms with van der Waals surface area (Å²) in [6, 6.07) is 2.57. The zero-order valence-electron chi connectivity index (χ0n) is 44.9. The first kappa shape index (κ1) is 73.1. The first-order chi connectivity index (χ1) is 40.1. The summed E-state index contributed by atoms with van der Waals surface area (Å²) < 4.78 is 105. The van der Waals surface area contributed by atoms with Crippen molar-refractivity contribution < 1.29 is 99.5 Å². The van der Waals surface area contributed by atoms with Crippen LogP contribution in [-0.4, -0.2) is 156 Å². The van der Waals surface area contributed by atoms with Crippen molar-refractivity contribution in [2.45, 2.75) is 115 Å². The Morgan fingerprint density at radius 1 is 0.698 bits per heavy atom. The Morgan fingerprint density at radius 3 is 1.57 bits per heavy atom. The van der Waals surface area contributed by atoms with Crippen molar-refractivity contribution >= 4 is 143 Å². The van der Waals surface area contributed by atoms with E-state index in [9.17, 15) is 52.6 Å². The number of aliphatic hydroxyl groups excluding tert-OH is 2. The highest BCUT2D eigenvalue weighted by Crippen LogP contribution is 2.45. The number of carboxylic acid groups (broad SMARTS) is 1. The maximum Gasteiger partial charge on any atom is 0.509 e. The van der Waals surface area contributed by atoms with Crippen molar-refractivity contribution in [1.29, 1.82) is 0 Å². The zero-order chi connectivity index (χ0) is 64.6. The Morgan fingerprint density at radius 2 is 1.14 bits per heavy atom. The molecule has 0 radical (unpaired) electrons. The number of hydrogen-bond donors (Lipinski definition) is 5. The lowest BCUT2D eigenvalue weighted by Gasteiger charge is -2.26. The first-order valence-electron chi connectivity index (χ1n) is 24.5. The number of carbonyl (C=O) groups is 5. The van der Waals surface area contributed by atoms with E-state index in [-0.39, 0.29) is 76.0 Å². The average molecular weight is 1480 g/mol. The third-order valence-corrected chi connectivity index (χ3v) is 13.6. The Balaban J connectivity index is 0.000000304. The number of esters is 1. The molecule has 2 aliphatic rings. The molecule has 0 aliphatic carbocycles. The number of alkyl halides is 4. The summed E-state index contributed by atoms with van der Waals surface area (Å²) in [5, 5.41) is 32.6. The highest BCUT2D eigenvalue weighted by atomic mass is 79.9. The summed E-state index contributed by atoms with van der Waals surface area (Å²) in [4.78, 5) is 97.2. The number of ether oxygens (including phenoxy) is 9. The van der Waals surface area contributed by atoms with Gasteiger partial charge in [-0.25, -0.2) is 33.6 Å². The molecule has 2 amide bonds. The lowest BCUT2D eigenvalue weighted by Crippen LogP contribution is -2.45. The van der Waals surface area contributed by atoms with Crippen LogP contribution in [0.1, 0.15) is 72.8 Å². The van der Waals surface area contributed by atoms with Crippen LogP contribution in [0.5, 0.6) is 11.8 Å². The number of anilines is 2. The van der Waals surface area contributed by atoms with E-state index in [1.807, 2.05) is 13.8 Å². The fourth-order valence-corrected chi connectivity index (χ4v) is 8.47. The molecule has 476 valence electrons. The molecule has 0 bridgehead atoms. The van der Waals surface area contributed by atoms with Crippen LogP contribution < -0.4 is 31.5 Å². The Bertz CT molecular complexity index is 3200. The van der Waals surface area contributed by atoms with Crippen molar-refractivity contribution in [2.24, 2.45) is 0 Å². The monoisotopic (exact) mass is 1470 g/mol. The standard InChI is InChI=1S/C21H20BrCl3F2N4O8.C19H26BrF2N3O8.C7H4Cl3NO3/c1-2-3-4-36-20(35)30-16-9(22)6-31(19(34)29-16)18-21(26,27)14(33)12(39-18)7-37-13(32)8-38-17-11(24)5-10(23)15(25)28-17;1-5-6-7-30-16(28)24-13-10(20)8-25(15(27)23-13)14-19(21,22)12(11(9-26)31-14)32-17(29)33-18(2,3)4;8-3-1-4(9)7(11-6(3)10)14-2-5(12)13/h5-6,12,14,18,33H,2-4,7-8H2,1H3,(H,29,30,34,35);8,11-12,14,26H,5-7,9H2,1-4H3,(H,23,24,27,28);1H,2H2,(H,12,13)/t12-,14?,18-;11-,12?,14-;/m11./s1. The number of aromatic nitrogens is 6. The normalized spacial score (nSPS) is 19.1. The molecular weight excluding hydrogens is 1430 g/mol. The molecule has 39 heteroatoms. The number of pyridine rings is 2. The zero-order valence-corrected chi connectivity index (χ0v) is 52.6. The highest BCUT2D eigenvalue weighted by molar-refractivity contribution is 9.11. The molecule has 6 atom stereocenters. The third-order valence-electron chi connectivity index (χ3n) is 10.5. The van der Waals surface area contributed by atoms with Gasteiger partial charge in [-0.2, -0.15) is 37.5 Å². The SMILES string of the molecule is CCCCOC(=O)Nc1nc(=O)n([C@@H]2O[C@H](CO)C(OC(=O)OC(C)(C)C)C2(F)F)cc1Br.CCCCOC(=O)Nc1nc(=O)n([C@@H]2O[C@H](COC(=O)COc3nc(Cl)c(Cl)cc3Cl)C(O)C2(F)F)cc1Br.O=C(O)COc1nc(Cl)c(Cl)cc1Cl. The van der Waals surface area contributed by atoms with Crippen LogP contribution in [0.15, 0.2) is 43.1 Å². The van der Waals surface area contributed by atoms with Crippen LogP contribution in [0.3, 0.4) is 0 Å². The van der Waals surface area contributed by atoms with Crippen molar-refractivity contribution in [2.75, 3.05) is 50.3 Å². The second-order valence-corrected chi connectivity index (χ2v) is 22.3. The molecule has 6 rings (SSSR count). The minimum absolute atomic E-state index is 0.0106. The molecule has 2 fully saturated rings. The van der Waals surface area contributed by atoms with Gasteiger partial charge in [0.2, 0.25) is 30.3 Å². The van der Waals surface area contributed by atoms with Crippen molar-refractivity contribution in [1.82, 2.24) is 29.1 Å². The maximum absolute atomic E-state index is 15.1. The van der Waals surface area contributed by atoms with Gasteiger partial charge in [0.05, 0.1) is 38.8 Å². The molecule has 0 spiro atoms. The Kier molecular flexibility index (Phi) is 27.9. The number of rotatable bonds is 20. The summed E-state index contributed by atoms with van der Waals surface area (Å²) in [6.07, 6.45) is -11.1. The van der Waals surface area contributed by atoms with Gasteiger partial charge in [-0.1, -0.05) is 96.3 Å². The fraction of sp³-hybridized carbons (Fsp3) is 0.511. The lowest BCUT2D eigenvalue weighted by molar-refractivity contribution is -0.153. The summed E-state index contributed by atoms with van der Waals surface area (Å²) in [6.45, 7) is 5.62. The maximum atomic E-state index is 15.1. The number of carbonyl (C=O) groups excluding carboxylic acids is 4. The van der Waals surface area contributed by atoms with E-state index in [0.717, 1.165) is 25.2 Å². The van der Waals surface area contributed by atoms with Crippen molar-refractivity contribution in [3.8, 4) is 11.8 Å². The van der Waals surface area contributed by atoms with E-state index in [2.05, 4.69) is 62.4 Å². The van der Waals surface area contributed by atoms with Gasteiger partial charge in [0.1, 0.15) is 34.5 Å². The molecule has 27 nitrogen and oxygen atoms in total. The Hall–Kier alpha value is -5.33. The van der Waals surface area contributed by atoms with Crippen molar-refractivity contribution in [3.63, 3.8) is 0 Å². The van der Waals surface area contributed by atoms with Crippen LogP contribution in [0, 0.1) is 0 Å². The summed E-state index contributed by atoms with van der Waals surface area (Å²) in [7, 11) is 0. The predicted molar refractivity (Wildman–Crippen MR) is 302 cm³/mol. The molecule has 2 aliphatic heterocycles. The molecule has 2 saturated heterocycles. The molecule has 6 heterocycles. The van der Waals surface area contributed by atoms with E-state index in [1.54, 1.807) is 0 Å². The van der Waals surface area contributed by atoms with Crippen LogP contribution in [-0.2, 0) is 42.7 Å². The van der Waals surface area contributed by atoms with E-state index in [4.69, 9.17) is 117 Å². The molecular formula is C47H50Br2Cl6F4N8O19. The quantitative estimate of drug-likeness (QED) is 0.0180. The van der Waals surface area contributed by atoms with Gasteiger partial charge in [0, 0.05) is 12.4 Å². The molecule has 0 aromatic carbocycles. The van der Waals surface area contributed by atoms with Crippen molar-refractivity contribution in [3.05, 3.63) is 84.8 Å². The van der Waals surface area contributed by atoms with E-state index in [0.29, 0.717) is 22.0 Å². The summed E-state index contributed by atoms with van der Waals surface area (Å²) in [5.74, 6) is -10.9. The van der Waals surface area contributed by atoms with Gasteiger partial charge >= 0.3 is 53.5 Å². The van der Waals surface area contributed by atoms with E-state index < -0.39 is 122 Å². The minimum atomic E-state index is -4.00. The number of nitrogens with zero attached hydrogens (tertiary/aromatic N) is 6. The van der Waals surface area contributed by atoms with E-state index in [1.165, 1.54) is 32.9 Å². The average Bonchev–Trinajstić information content (AvgIpc) is 1.65. The number of hydrogen-bond acceptors (Lipinski definition) is 22. The lowest BCUT2D eigenvalue weighted by atomic mass is 10.1. The van der Waals surface area contributed by atoms with Crippen LogP contribution in [0.2, 0.25) is 30.4 Å². The molecule has 4 aromatic rings. The van der Waals surface area contributed by atoms with E-state index >= 15 is 8.78 Å². The highest BCUT2D eigenvalue weighted by Gasteiger charge is 2.63. The van der Waals surface area contributed by atoms with Crippen LogP contribution in [0.4, 0.5) is 43.6 Å². The number of unbranched alkanes of at least 4 members (excludes halogenated alkanes) is 2. The molecule has 4 aromatic heterocycles. The number of nitrogens with one attached hydrogen (secondary N) is 2. The fourth-order valence-electron chi connectivity index (χ4n) is 6.56. The number of halogens is 12.